The summed E-state index contributed by atoms with van der Waals surface area (Å²) in [6, 6.07) is 8.09. The minimum Gasteiger partial charge on any atom is -0.298 e. The van der Waals surface area contributed by atoms with Crippen LogP contribution in [0.4, 0.5) is 0 Å². The van der Waals surface area contributed by atoms with Gasteiger partial charge in [0.25, 0.3) is 0 Å². The van der Waals surface area contributed by atoms with Crippen LogP contribution in [0.1, 0.15) is 11.1 Å². The number of aryl methyl sites for hydroxylation is 1. The molecule has 0 saturated heterocycles. The van der Waals surface area contributed by atoms with Crippen molar-refractivity contribution in [2.75, 3.05) is 0 Å². The standard InChI is InChI=1S/C11H12O/c1-9-4-3-5-11(6-9)7-10(2)8-12/h3-6,8H,2,7H2,1H3. The fraction of sp³-hybridized carbons (Fsp3) is 0.182. The Morgan fingerprint density at radius 2 is 2.33 bits per heavy atom. The quantitative estimate of drug-likeness (QED) is 0.489. The topological polar surface area (TPSA) is 17.1 Å². The maximum absolute atomic E-state index is 10.3. The van der Waals surface area contributed by atoms with Gasteiger partial charge in [0.1, 0.15) is 6.29 Å². The van der Waals surface area contributed by atoms with E-state index in [1.165, 1.54) is 5.56 Å². The van der Waals surface area contributed by atoms with E-state index in [0.29, 0.717) is 12.0 Å². The SMILES string of the molecule is C=C(C=O)Cc1cccc(C)c1. The molecule has 1 rings (SSSR count). The molecule has 1 aromatic carbocycles. The largest absolute Gasteiger partial charge is 0.298 e. The molecule has 0 saturated carbocycles. The molecule has 0 bridgehead atoms. The van der Waals surface area contributed by atoms with Gasteiger partial charge in [0.2, 0.25) is 0 Å². The van der Waals surface area contributed by atoms with Crippen LogP contribution < -0.4 is 0 Å². The van der Waals surface area contributed by atoms with Crippen LogP contribution in [-0.4, -0.2) is 6.29 Å². The van der Waals surface area contributed by atoms with Crippen LogP contribution in [0.2, 0.25) is 0 Å². The van der Waals surface area contributed by atoms with Crippen LogP contribution in [0.15, 0.2) is 36.4 Å². The highest BCUT2D eigenvalue weighted by Gasteiger charge is 1.95. The van der Waals surface area contributed by atoms with Crippen molar-refractivity contribution in [1.29, 1.82) is 0 Å². The van der Waals surface area contributed by atoms with Gasteiger partial charge in [-0.2, -0.15) is 0 Å². The zero-order chi connectivity index (χ0) is 8.97. The Kier molecular flexibility index (Phi) is 2.81. The van der Waals surface area contributed by atoms with E-state index in [-0.39, 0.29) is 0 Å². The first-order valence-corrected chi connectivity index (χ1v) is 3.91. The zero-order valence-corrected chi connectivity index (χ0v) is 7.21. The third-order valence-electron chi connectivity index (χ3n) is 1.68. The van der Waals surface area contributed by atoms with Crippen LogP contribution >= 0.6 is 0 Å². The van der Waals surface area contributed by atoms with E-state index in [1.54, 1.807) is 0 Å². The van der Waals surface area contributed by atoms with Gasteiger partial charge in [-0.15, -0.1) is 0 Å². The summed E-state index contributed by atoms with van der Waals surface area (Å²) in [5.41, 5.74) is 2.99. The number of rotatable bonds is 3. The van der Waals surface area contributed by atoms with Crippen molar-refractivity contribution in [3.63, 3.8) is 0 Å². The van der Waals surface area contributed by atoms with Gasteiger partial charge >= 0.3 is 0 Å². The molecule has 0 fully saturated rings. The molecular formula is C11H12O. The lowest BCUT2D eigenvalue weighted by molar-refractivity contribution is -0.104. The summed E-state index contributed by atoms with van der Waals surface area (Å²) >= 11 is 0. The molecule has 0 heterocycles. The lowest BCUT2D eigenvalue weighted by Crippen LogP contribution is -1.90. The average Bonchev–Trinajstić information content (AvgIpc) is 2.04. The van der Waals surface area contributed by atoms with Crippen molar-refractivity contribution in [3.05, 3.63) is 47.5 Å². The molecule has 0 aliphatic rings. The van der Waals surface area contributed by atoms with Crippen LogP contribution in [-0.2, 0) is 11.2 Å². The second-order valence-corrected chi connectivity index (χ2v) is 2.94. The molecule has 0 unspecified atom stereocenters. The van der Waals surface area contributed by atoms with E-state index in [1.807, 2.05) is 25.1 Å². The second-order valence-electron chi connectivity index (χ2n) is 2.94. The first kappa shape index (κ1) is 8.72. The van der Waals surface area contributed by atoms with Crippen molar-refractivity contribution >= 4 is 6.29 Å². The van der Waals surface area contributed by atoms with Crippen molar-refractivity contribution in [2.45, 2.75) is 13.3 Å². The summed E-state index contributed by atoms with van der Waals surface area (Å²) < 4.78 is 0. The van der Waals surface area contributed by atoms with Crippen molar-refractivity contribution in [2.24, 2.45) is 0 Å². The van der Waals surface area contributed by atoms with E-state index in [2.05, 4.69) is 12.6 Å². The number of carbonyl (C=O) groups excluding carboxylic acids is 1. The van der Waals surface area contributed by atoms with Crippen LogP contribution in [0.5, 0.6) is 0 Å². The molecular weight excluding hydrogens is 148 g/mol. The molecule has 1 heteroatoms. The Morgan fingerprint density at radius 3 is 2.92 bits per heavy atom. The monoisotopic (exact) mass is 160 g/mol. The van der Waals surface area contributed by atoms with Gasteiger partial charge in [-0.05, 0) is 18.1 Å². The predicted octanol–water partition coefficient (Wildman–Crippen LogP) is 2.29. The van der Waals surface area contributed by atoms with E-state index >= 15 is 0 Å². The molecule has 0 N–H and O–H groups in total. The first-order chi connectivity index (χ1) is 5.72. The summed E-state index contributed by atoms with van der Waals surface area (Å²) in [5, 5.41) is 0. The molecule has 0 aliphatic heterocycles. The molecule has 0 amide bonds. The van der Waals surface area contributed by atoms with Crippen LogP contribution in [0, 0.1) is 6.92 Å². The zero-order valence-electron chi connectivity index (χ0n) is 7.21. The lowest BCUT2D eigenvalue weighted by Gasteiger charge is -1.99. The summed E-state index contributed by atoms with van der Waals surface area (Å²) in [5.74, 6) is 0. The van der Waals surface area contributed by atoms with Crippen LogP contribution in [0.25, 0.3) is 0 Å². The normalized spacial score (nSPS) is 9.42. The van der Waals surface area contributed by atoms with Gasteiger partial charge in [0.05, 0.1) is 0 Å². The van der Waals surface area contributed by atoms with E-state index in [0.717, 1.165) is 11.8 Å². The van der Waals surface area contributed by atoms with Crippen molar-refractivity contribution in [1.82, 2.24) is 0 Å². The molecule has 62 valence electrons. The minimum absolute atomic E-state index is 0.626. The highest BCUT2D eigenvalue weighted by molar-refractivity contribution is 5.72. The first-order valence-electron chi connectivity index (χ1n) is 3.91. The smallest absolute Gasteiger partial charge is 0.145 e. The number of benzene rings is 1. The Hall–Kier alpha value is -1.37. The average molecular weight is 160 g/mol. The van der Waals surface area contributed by atoms with Crippen molar-refractivity contribution < 1.29 is 4.79 Å². The van der Waals surface area contributed by atoms with Gasteiger partial charge in [0.15, 0.2) is 0 Å². The maximum atomic E-state index is 10.3. The summed E-state index contributed by atoms with van der Waals surface area (Å²) in [7, 11) is 0. The van der Waals surface area contributed by atoms with Crippen molar-refractivity contribution in [3.8, 4) is 0 Å². The number of hydrogen-bond acceptors (Lipinski definition) is 1. The third kappa shape index (κ3) is 2.35. The van der Waals surface area contributed by atoms with Gasteiger partial charge in [-0.3, -0.25) is 4.79 Å². The number of hydrogen-bond donors (Lipinski definition) is 0. The van der Waals surface area contributed by atoms with E-state index in [9.17, 15) is 4.79 Å². The summed E-state index contributed by atoms with van der Waals surface area (Å²) in [4.78, 5) is 10.3. The van der Waals surface area contributed by atoms with Gasteiger partial charge in [-0.25, -0.2) is 0 Å². The predicted molar refractivity (Wildman–Crippen MR) is 50.1 cm³/mol. The molecule has 0 atom stereocenters. The van der Waals surface area contributed by atoms with Gasteiger partial charge in [-0.1, -0.05) is 36.4 Å². The summed E-state index contributed by atoms with van der Waals surface area (Å²) in [6.07, 6.45) is 1.47. The number of carbonyl (C=O) groups is 1. The molecule has 12 heavy (non-hydrogen) atoms. The molecule has 0 radical (unpaired) electrons. The highest BCUT2D eigenvalue weighted by atomic mass is 16.1. The number of aldehydes is 1. The van der Waals surface area contributed by atoms with E-state index in [4.69, 9.17) is 0 Å². The Balaban J connectivity index is 2.76. The fourth-order valence-electron chi connectivity index (χ4n) is 1.13. The van der Waals surface area contributed by atoms with Gasteiger partial charge in [0, 0.05) is 6.42 Å². The third-order valence-corrected chi connectivity index (χ3v) is 1.68. The molecule has 0 aliphatic carbocycles. The summed E-state index contributed by atoms with van der Waals surface area (Å²) in [6.45, 7) is 5.66. The minimum atomic E-state index is 0.626. The highest BCUT2D eigenvalue weighted by Crippen LogP contribution is 2.07. The molecule has 0 spiro atoms. The van der Waals surface area contributed by atoms with Crippen LogP contribution in [0.3, 0.4) is 0 Å². The van der Waals surface area contributed by atoms with Gasteiger partial charge < -0.3 is 0 Å². The van der Waals surface area contributed by atoms with E-state index < -0.39 is 0 Å². The Bertz CT molecular complexity index is 300. The Labute approximate surface area is 72.7 Å². The lowest BCUT2D eigenvalue weighted by atomic mass is 10.1. The molecule has 0 aromatic heterocycles. The molecule has 1 aromatic rings. The fourth-order valence-corrected chi connectivity index (χ4v) is 1.13. The Morgan fingerprint density at radius 1 is 1.58 bits per heavy atom. The number of allylic oxidation sites excluding steroid dienone is 1. The maximum Gasteiger partial charge on any atom is 0.145 e. The molecule has 1 nitrogen and oxygen atoms in total. The second kappa shape index (κ2) is 3.86.